The van der Waals surface area contributed by atoms with Crippen LogP contribution in [0.1, 0.15) is 36.2 Å². The van der Waals surface area contributed by atoms with Gasteiger partial charge in [0.2, 0.25) is 0 Å². The standard InChI is InChI=1S/C21H20N2O3S/c1-14-7-9-16(10-8-14)27(25,26)23-20-6-4-3-5-17(20)18-11-12-22-19(21(18)23)13-15(2)24/h3-12,19,22H,13H2,1-2H3. The summed E-state index contributed by atoms with van der Waals surface area (Å²) in [5.74, 6) is -0.00158. The number of rotatable bonds is 4. The predicted octanol–water partition coefficient (Wildman–Crippen LogP) is 3.78. The van der Waals surface area contributed by atoms with Gasteiger partial charge in [-0.05, 0) is 44.3 Å². The number of aromatic nitrogens is 1. The smallest absolute Gasteiger partial charge is 0.268 e. The van der Waals surface area contributed by atoms with Crippen LogP contribution in [0.2, 0.25) is 0 Å². The van der Waals surface area contributed by atoms with E-state index in [4.69, 9.17) is 0 Å². The number of ketones is 1. The molecule has 0 bridgehead atoms. The van der Waals surface area contributed by atoms with E-state index >= 15 is 0 Å². The van der Waals surface area contributed by atoms with E-state index in [-0.39, 0.29) is 17.1 Å². The molecule has 2 aromatic carbocycles. The third-order valence-corrected chi connectivity index (χ3v) is 6.58. The largest absolute Gasteiger partial charge is 0.382 e. The first-order chi connectivity index (χ1) is 12.9. The fourth-order valence-electron chi connectivity index (χ4n) is 3.60. The molecule has 0 spiro atoms. The van der Waals surface area contributed by atoms with Crippen LogP contribution in [0.15, 0.2) is 59.6 Å². The molecular weight excluding hydrogens is 360 g/mol. The van der Waals surface area contributed by atoms with Crippen molar-refractivity contribution in [3.8, 4) is 0 Å². The monoisotopic (exact) mass is 380 g/mol. The van der Waals surface area contributed by atoms with Crippen LogP contribution in [0, 0.1) is 6.92 Å². The quantitative estimate of drug-likeness (QED) is 0.748. The SMILES string of the molecule is CC(=O)CC1NC=Cc2c1n(S(=O)(=O)c1ccc(C)cc1)c1ccccc21. The number of carbonyl (C=O) groups excluding carboxylic acids is 1. The molecule has 0 amide bonds. The van der Waals surface area contributed by atoms with E-state index in [1.807, 2.05) is 31.2 Å². The molecule has 0 saturated carbocycles. The summed E-state index contributed by atoms with van der Waals surface area (Å²) >= 11 is 0. The number of aryl methyl sites for hydroxylation is 1. The van der Waals surface area contributed by atoms with E-state index in [9.17, 15) is 13.2 Å². The van der Waals surface area contributed by atoms with Crippen molar-refractivity contribution < 1.29 is 13.2 Å². The van der Waals surface area contributed by atoms with E-state index in [0.29, 0.717) is 11.2 Å². The second kappa shape index (κ2) is 6.39. The molecule has 1 aromatic heterocycles. The van der Waals surface area contributed by atoms with Crippen molar-refractivity contribution in [1.29, 1.82) is 0 Å². The summed E-state index contributed by atoms with van der Waals surface area (Å²) in [7, 11) is -3.82. The average Bonchev–Trinajstić information content (AvgIpc) is 2.98. The van der Waals surface area contributed by atoms with E-state index in [1.54, 1.807) is 36.5 Å². The maximum absolute atomic E-state index is 13.5. The molecule has 3 aromatic rings. The highest BCUT2D eigenvalue weighted by Gasteiger charge is 2.32. The summed E-state index contributed by atoms with van der Waals surface area (Å²) in [5.41, 5.74) is 3.05. The predicted molar refractivity (Wildman–Crippen MR) is 106 cm³/mol. The summed E-state index contributed by atoms with van der Waals surface area (Å²) in [6, 6.07) is 13.9. The maximum atomic E-state index is 13.5. The van der Waals surface area contributed by atoms with Crippen molar-refractivity contribution in [2.45, 2.75) is 31.2 Å². The first kappa shape index (κ1) is 17.5. The normalized spacial score (nSPS) is 16.1. The highest BCUT2D eigenvalue weighted by molar-refractivity contribution is 7.90. The summed E-state index contributed by atoms with van der Waals surface area (Å²) in [6.07, 6.45) is 3.87. The van der Waals surface area contributed by atoms with Gasteiger partial charge in [0.1, 0.15) is 5.78 Å². The lowest BCUT2D eigenvalue weighted by atomic mass is 10.00. The number of Topliss-reactive ketones (excluding diaryl/α,β-unsaturated/α-hetero) is 1. The second-order valence-electron chi connectivity index (χ2n) is 6.86. The molecule has 4 rings (SSSR count). The van der Waals surface area contributed by atoms with Crippen molar-refractivity contribution in [3.05, 3.63) is 71.6 Å². The summed E-state index contributed by atoms with van der Waals surface area (Å²) < 4.78 is 28.5. The lowest BCUT2D eigenvalue weighted by molar-refractivity contribution is -0.117. The Morgan fingerprint density at radius 3 is 2.52 bits per heavy atom. The van der Waals surface area contributed by atoms with Crippen LogP contribution in [-0.4, -0.2) is 18.2 Å². The second-order valence-corrected chi connectivity index (χ2v) is 8.64. The molecule has 0 aliphatic carbocycles. The van der Waals surface area contributed by atoms with Crippen LogP contribution >= 0.6 is 0 Å². The molecule has 2 heterocycles. The minimum absolute atomic E-state index is 0.00158. The molecule has 1 aliphatic rings. The van der Waals surface area contributed by atoms with Gasteiger partial charge in [-0.3, -0.25) is 4.79 Å². The number of hydrogen-bond acceptors (Lipinski definition) is 4. The third-order valence-electron chi connectivity index (χ3n) is 4.84. The molecule has 0 fully saturated rings. The molecule has 0 radical (unpaired) electrons. The van der Waals surface area contributed by atoms with Gasteiger partial charge in [0.25, 0.3) is 10.0 Å². The Hall–Kier alpha value is -2.86. The van der Waals surface area contributed by atoms with Crippen LogP contribution in [-0.2, 0) is 14.8 Å². The summed E-state index contributed by atoms with van der Waals surface area (Å²) in [5, 5.41) is 4.01. The number of nitrogens with zero attached hydrogens (tertiary/aromatic N) is 1. The van der Waals surface area contributed by atoms with Gasteiger partial charge in [-0.2, -0.15) is 0 Å². The molecule has 6 heteroatoms. The fourth-order valence-corrected chi connectivity index (χ4v) is 5.20. The maximum Gasteiger partial charge on any atom is 0.268 e. The molecule has 27 heavy (non-hydrogen) atoms. The Morgan fingerprint density at radius 1 is 1.11 bits per heavy atom. The zero-order chi connectivity index (χ0) is 19.2. The van der Waals surface area contributed by atoms with Crippen molar-refractivity contribution in [2.24, 2.45) is 0 Å². The Labute approximate surface area is 158 Å². The third kappa shape index (κ3) is 2.86. The van der Waals surface area contributed by atoms with Crippen molar-refractivity contribution >= 4 is 32.8 Å². The van der Waals surface area contributed by atoms with Gasteiger partial charge in [0.05, 0.1) is 22.1 Å². The fraction of sp³-hybridized carbons (Fsp3) is 0.190. The Kier molecular flexibility index (Phi) is 4.15. The van der Waals surface area contributed by atoms with E-state index < -0.39 is 16.1 Å². The molecular formula is C21H20N2O3S. The number of nitrogens with one attached hydrogen (secondary N) is 1. The molecule has 1 atom stereocenters. The summed E-state index contributed by atoms with van der Waals surface area (Å²) in [4.78, 5) is 12.0. The molecule has 1 N–H and O–H groups in total. The first-order valence-electron chi connectivity index (χ1n) is 8.77. The van der Waals surface area contributed by atoms with Crippen molar-refractivity contribution in [2.75, 3.05) is 0 Å². The van der Waals surface area contributed by atoms with E-state index in [1.165, 1.54) is 10.9 Å². The Morgan fingerprint density at radius 2 is 1.81 bits per heavy atom. The van der Waals surface area contributed by atoms with Gasteiger partial charge < -0.3 is 5.32 Å². The van der Waals surface area contributed by atoms with Gasteiger partial charge in [-0.15, -0.1) is 0 Å². The molecule has 5 nitrogen and oxygen atoms in total. The van der Waals surface area contributed by atoms with Crippen molar-refractivity contribution in [3.63, 3.8) is 0 Å². The van der Waals surface area contributed by atoms with Crippen LogP contribution in [0.4, 0.5) is 0 Å². The molecule has 0 saturated heterocycles. The zero-order valence-electron chi connectivity index (χ0n) is 15.1. The summed E-state index contributed by atoms with van der Waals surface area (Å²) in [6.45, 7) is 3.43. The van der Waals surface area contributed by atoms with Crippen LogP contribution in [0.3, 0.4) is 0 Å². The highest BCUT2D eigenvalue weighted by atomic mass is 32.2. The minimum Gasteiger partial charge on any atom is -0.382 e. The number of fused-ring (bicyclic) bond motifs is 3. The zero-order valence-corrected chi connectivity index (χ0v) is 16.0. The first-order valence-corrected chi connectivity index (χ1v) is 10.2. The lowest BCUT2D eigenvalue weighted by Gasteiger charge is -2.23. The Bertz CT molecular complexity index is 1170. The van der Waals surface area contributed by atoms with Gasteiger partial charge in [-0.25, -0.2) is 12.4 Å². The average molecular weight is 380 g/mol. The molecule has 1 unspecified atom stereocenters. The minimum atomic E-state index is -3.82. The topological polar surface area (TPSA) is 68.2 Å². The molecule has 1 aliphatic heterocycles. The highest BCUT2D eigenvalue weighted by Crippen LogP contribution is 2.37. The lowest BCUT2D eigenvalue weighted by Crippen LogP contribution is -2.27. The number of para-hydroxylation sites is 1. The van der Waals surface area contributed by atoms with Crippen LogP contribution in [0.25, 0.3) is 17.0 Å². The van der Waals surface area contributed by atoms with Crippen LogP contribution in [0.5, 0.6) is 0 Å². The van der Waals surface area contributed by atoms with Gasteiger partial charge in [-0.1, -0.05) is 35.9 Å². The van der Waals surface area contributed by atoms with E-state index in [2.05, 4.69) is 5.32 Å². The van der Waals surface area contributed by atoms with E-state index in [0.717, 1.165) is 16.5 Å². The molecule has 138 valence electrons. The number of hydrogen-bond donors (Lipinski definition) is 1. The van der Waals surface area contributed by atoms with Crippen LogP contribution < -0.4 is 5.32 Å². The number of carbonyl (C=O) groups is 1. The van der Waals surface area contributed by atoms with Crippen molar-refractivity contribution in [1.82, 2.24) is 9.29 Å². The Balaban J connectivity index is 2.04. The number of benzene rings is 2. The van der Waals surface area contributed by atoms with Gasteiger partial charge >= 0.3 is 0 Å². The van der Waals surface area contributed by atoms with Gasteiger partial charge in [0.15, 0.2) is 0 Å². The van der Waals surface area contributed by atoms with Gasteiger partial charge in [0, 0.05) is 17.4 Å².